The Hall–Kier alpha value is -1.40. The highest BCUT2D eigenvalue weighted by atomic mass is 32.2. The number of aryl methyl sites for hydroxylation is 1. The molecule has 0 fully saturated rings. The summed E-state index contributed by atoms with van der Waals surface area (Å²) in [6.45, 7) is 5.42. The number of nitrogens with zero attached hydrogens (tertiary/aromatic N) is 4. The third-order valence-electron chi connectivity index (χ3n) is 2.98. The van der Waals surface area contributed by atoms with E-state index in [1.807, 2.05) is 0 Å². The minimum absolute atomic E-state index is 0.380. The third kappa shape index (κ3) is 4.31. The fourth-order valence-electron chi connectivity index (χ4n) is 1.88. The van der Waals surface area contributed by atoms with Crippen LogP contribution in [0.3, 0.4) is 0 Å². The molecule has 1 atom stereocenters. The van der Waals surface area contributed by atoms with Crippen molar-refractivity contribution in [1.82, 2.24) is 25.5 Å². The molecule has 0 bridgehead atoms. The Balaban J connectivity index is 1.95. The molecule has 0 saturated carbocycles. The zero-order valence-electron chi connectivity index (χ0n) is 12.2. The van der Waals surface area contributed by atoms with Crippen LogP contribution in [0.25, 0.3) is 0 Å². The summed E-state index contributed by atoms with van der Waals surface area (Å²) in [5.41, 5.74) is 1.32. The number of nitrogens with one attached hydrogen (secondary N) is 1. The largest absolute Gasteiger partial charge is 0.310 e. The van der Waals surface area contributed by atoms with Gasteiger partial charge >= 0.3 is 0 Å². The van der Waals surface area contributed by atoms with Crippen LogP contribution in [0.4, 0.5) is 0 Å². The Morgan fingerprint density at radius 1 is 1.40 bits per heavy atom. The summed E-state index contributed by atoms with van der Waals surface area (Å²) < 4.78 is 0. The van der Waals surface area contributed by atoms with Crippen molar-refractivity contribution in [3.63, 3.8) is 0 Å². The topological polar surface area (TPSA) is 55.6 Å². The molecule has 0 radical (unpaired) electrons. The van der Waals surface area contributed by atoms with Crippen LogP contribution in [0, 0.1) is 0 Å². The first kappa shape index (κ1) is 15.0. The summed E-state index contributed by atoms with van der Waals surface area (Å²) in [5.74, 6) is 1.51. The van der Waals surface area contributed by atoms with E-state index >= 15 is 0 Å². The molecule has 0 saturated heterocycles. The summed E-state index contributed by atoms with van der Waals surface area (Å²) in [5, 5.41) is 15.5. The molecule has 6 heteroatoms. The zero-order valence-corrected chi connectivity index (χ0v) is 13.0. The summed E-state index contributed by atoms with van der Waals surface area (Å²) in [6, 6.07) is 9.00. The highest BCUT2D eigenvalue weighted by Gasteiger charge is 2.06. The summed E-state index contributed by atoms with van der Waals surface area (Å²) >= 11 is 1.74. The van der Waals surface area contributed by atoms with Crippen LogP contribution in [-0.4, -0.2) is 26.8 Å². The zero-order chi connectivity index (χ0) is 14.4. The molecule has 1 N–H and O–H groups in total. The molecule has 108 valence electrons. The number of tetrazole rings is 1. The van der Waals surface area contributed by atoms with Crippen LogP contribution >= 0.6 is 11.8 Å². The molecule has 0 spiro atoms. The number of aromatic nitrogens is 4. The van der Waals surface area contributed by atoms with Crippen molar-refractivity contribution >= 4 is 11.8 Å². The Bertz CT molecular complexity index is 540. The molecule has 0 aliphatic rings. The van der Waals surface area contributed by atoms with Crippen LogP contribution in [0.2, 0.25) is 0 Å². The van der Waals surface area contributed by atoms with Gasteiger partial charge in [0.15, 0.2) is 5.82 Å². The van der Waals surface area contributed by atoms with Crippen molar-refractivity contribution in [2.45, 2.75) is 37.0 Å². The second-order valence-corrected chi connectivity index (χ2v) is 5.78. The molecule has 0 amide bonds. The SMILES string of the molecule is CCCNC(C)c1cccc(SCc2nnn(C)n2)c1. The van der Waals surface area contributed by atoms with Gasteiger partial charge in [-0.25, -0.2) is 0 Å². The molecule has 5 nitrogen and oxygen atoms in total. The van der Waals surface area contributed by atoms with E-state index in [1.54, 1.807) is 18.8 Å². The second-order valence-electron chi connectivity index (χ2n) is 4.73. The summed E-state index contributed by atoms with van der Waals surface area (Å²) in [6.07, 6.45) is 1.15. The van der Waals surface area contributed by atoms with Gasteiger partial charge in [-0.1, -0.05) is 19.1 Å². The monoisotopic (exact) mass is 291 g/mol. The van der Waals surface area contributed by atoms with Gasteiger partial charge in [0, 0.05) is 10.9 Å². The second kappa shape index (κ2) is 7.40. The number of rotatable bonds is 7. The minimum atomic E-state index is 0.380. The molecular weight excluding hydrogens is 270 g/mol. The number of hydrogen-bond donors (Lipinski definition) is 1. The van der Waals surface area contributed by atoms with E-state index < -0.39 is 0 Å². The van der Waals surface area contributed by atoms with Crippen molar-refractivity contribution in [2.24, 2.45) is 7.05 Å². The van der Waals surface area contributed by atoms with Gasteiger partial charge in [0.25, 0.3) is 0 Å². The van der Waals surface area contributed by atoms with Crippen LogP contribution < -0.4 is 5.32 Å². The van der Waals surface area contributed by atoms with E-state index in [9.17, 15) is 0 Å². The predicted octanol–water partition coefficient (Wildman–Crippen LogP) is 2.56. The molecule has 2 rings (SSSR count). The van der Waals surface area contributed by atoms with Gasteiger partial charge in [0.2, 0.25) is 0 Å². The number of benzene rings is 1. The fourth-order valence-corrected chi connectivity index (χ4v) is 2.69. The lowest BCUT2D eigenvalue weighted by Crippen LogP contribution is -2.19. The quantitative estimate of drug-likeness (QED) is 0.795. The molecular formula is C14H21N5S. The Morgan fingerprint density at radius 3 is 2.95 bits per heavy atom. The molecule has 1 unspecified atom stereocenters. The molecule has 1 aromatic carbocycles. The number of thioether (sulfide) groups is 1. The lowest BCUT2D eigenvalue weighted by atomic mass is 10.1. The van der Waals surface area contributed by atoms with E-state index in [0.717, 1.165) is 24.5 Å². The first-order valence-electron chi connectivity index (χ1n) is 6.88. The van der Waals surface area contributed by atoms with E-state index in [1.165, 1.54) is 15.3 Å². The van der Waals surface area contributed by atoms with Crippen LogP contribution in [0.5, 0.6) is 0 Å². The lowest BCUT2D eigenvalue weighted by Gasteiger charge is -2.14. The third-order valence-corrected chi connectivity index (χ3v) is 3.97. The van der Waals surface area contributed by atoms with Crippen LogP contribution in [0.15, 0.2) is 29.2 Å². The standard InChI is InChI=1S/C14H21N5S/c1-4-8-15-11(2)12-6-5-7-13(9-12)20-10-14-16-18-19(3)17-14/h5-7,9,11,15H,4,8,10H2,1-3H3. The van der Waals surface area contributed by atoms with Crippen molar-refractivity contribution in [1.29, 1.82) is 0 Å². The Kier molecular flexibility index (Phi) is 5.55. The maximum atomic E-state index is 4.19. The van der Waals surface area contributed by atoms with E-state index in [-0.39, 0.29) is 0 Å². The van der Waals surface area contributed by atoms with Crippen molar-refractivity contribution in [2.75, 3.05) is 6.54 Å². The Morgan fingerprint density at radius 2 is 2.25 bits per heavy atom. The van der Waals surface area contributed by atoms with E-state index in [4.69, 9.17) is 0 Å². The predicted molar refractivity (Wildman–Crippen MR) is 81.5 cm³/mol. The maximum absolute atomic E-state index is 4.19. The highest BCUT2D eigenvalue weighted by molar-refractivity contribution is 7.98. The summed E-state index contributed by atoms with van der Waals surface area (Å²) in [4.78, 5) is 2.73. The molecule has 20 heavy (non-hydrogen) atoms. The normalized spacial score (nSPS) is 12.6. The lowest BCUT2D eigenvalue weighted by molar-refractivity contribution is 0.570. The fraction of sp³-hybridized carbons (Fsp3) is 0.500. The molecule has 1 heterocycles. The highest BCUT2D eigenvalue weighted by Crippen LogP contribution is 2.24. The van der Waals surface area contributed by atoms with Gasteiger partial charge in [-0.15, -0.1) is 22.0 Å². The maximum Gasteiger partial charge on any atom is 0.184 e. The molecule has 2 aromatic rings. The summed E-state index contributed by atoms with van der Waals surface area (Å²) in [7, 11) is 1.78. The smallest absolute Gasteiger partial charge is 0.184 e. The van der Waals surface area contributed by atoms with Crippen LogP contribution in [0.1, 0.15) is 37.7 Å². The van der Waals surface area contributed by atoms with E-state index in [0.29, 0.717) is 6.04 Å². The van der Waals surface area contributed by atoms with Gasteiger partial charge in [-0.3, -0.25) is 0 Å². The van der Waals surface area contributed by atoms with Crippen LogP contribution in [-0.2, 0) is 12.8 Å². The Labute approximate surface area is 124 Å². The van der Waals surface area contributed by atoms with Gasteiger partial charge in [0.1, 0.15) is 0 Å². The van der Waals surface area contributed by atoms with E-state index in [2.05, 4.69) is 58.8 Å². The molecule has 0 aliphatic heterocycles. The van der Waals surface area contributed by atoms with Gasteiger partial charge in [0.05, 0.1) is 12.8 Å². The van der Waals surface area contributed by atoms with Gasteiger partial charge < -0.3 is 5.32 Å². The minimum Gasteiger partial charge on any atom is -0.310 e. The van der Waals surface area contributed by atoms with Crippen molar-refractivity contribution < 1.29 is 0 Å². The number of hydrogen-bond acceptors (Lipinski definition) is 5. The molecule has 1 aromatic heterocycles. The molecule has 0 aliphatic carbocycles. The van der Waals surface area contributed by atoms with Crippen molar-refractivity contribution in [3.05, 3.63) is 35.7 Å². The average molecular weight is 291 g/mol. The van der Waals surface area contributed by atoms with Gasteiger partial charge in [-0.05, 0) is 42.8 Å². The van der Waals surface area contributed by atoms with Crippen molar-refractivity contribution in [3.8, 4) is 0 Å². The first-order valence-corrected chi connectivity index (χ1v) is 7.86. The van der Waals surface area contributed by atoms with Gasteiger partial charge in [-0.2, -0.15) is 4.80 Å². The first-order chi connectivity index (χ1) is 9.69. The average Bonchev–Trinajstić information content (AvgIpc) is 2.88.